The summed E-state index contributed by atoms with van der Waals surface area (Å²) in [5.41, 5.74) is 5.47. The molecular formula is C13H9ClF4N2. The molecule has 0 amide bonds. The Labute approximate surface area is 117 Å². The van der Waals surface area contributed by atoms with Crippen molar-refractivity contribution in [3.63, 3.8) is 0 Å². The van der Waals surface area contributed by atoms with Gasteiger partial charge in [-0.25, -0.2) is 4.39 Å². The van der Waals surface area contributed by atoms with Crippen molar-refractivity contribution in [2.75, 3.05) is 11.1 Å². The van der Waals surface area contributed by atoms with Gasteiger partial charge in [0.1, 0.15) is 5.82 Å². The van der Waals surface area contributed by atoms with Gasteiger partial charge < -0.3 is 11.1 Å². The fraction of sp³-hybridized carbons (Fsp3) is 0.0769. The van der Waals surface area contributed by atoms with Crippen LogP contribution >= 0.6 is 11.6 Å². The highest BCUT2D eigenvalue weighted by atomic mass is 35.5. The van der Waals surface area contributed by atoms with Crippen LogP contribution in [0.2, 0.25) is 5.02 Å². The molecule has 0 saturated carbocycles. The summed E-state index contributed by atoms with van der Waals surface area (Å²) in [6.45, 7) is 0. The fourth-order valence-electron chi connectivity index (χ4n) is 1.59. The highest BCUT2D eigenvalue weighted by Gasteiger charge is 2.30. The van der Waals surface area contributed by atoms with Gasteiger partial charge in [-0.2, -0.15) is 13.2 Å². The van der Waals surface area contributed by atoms with Crippen molar-refractivity contribution in [1.82, 2.24) is 0 Å². The van der Waals surface area contributed by atoms with Crippen LogP contribution in [0.3, 0.4) is 0 Å². The van der Waals surface area contributed by atoms with Gasteiger partial charge in [0.2, 0.25) is 0 Å². The molecule has 0 atom stereocenters. The first-order valence-corrected chi connectivity index (χ1v) is 5.84. The van der Waals surface area contributed by atoms with Gasteiger partial charge >= 0.3 is 6.18 Å². The Morgan fingerprint density at radius 2 is 1.65 bits per heavy atom. The van der Waals surface area contributed by atoms with Crippen LogP contribution in [0, 0.1) is 5.82 Å². The van der Waals surface area contributed by atoms with Crippen LogP contribution in [0.15, 0.2) is 36.4 Å². The third-order valence-corrected chi connectivity index (χ3v) is 2.89. The largest absolute Gasteiger partial charge is 0.416 e. The number of benzene rings is 2. The first kappa shape index (κ1) is 14.5. The van der Waals surface area contributed by atoms with Gasteiger partial charge in [-0.15, -0.1) is 0 Å². The van der Waals surface area contributed by atoms with Crippen LogP contribution < -0.4 is 11.1 Å². The molecule has 20 heavy (non-hydrogen) atoms. The Balaban J connectivity index is 2.30. The summed E-state index contributed by atoms with van der Waals surface area (Å²) in [6.07, 6.45) is -4.46. The third-order valence-electron chi connectivity index (χ3n) is 2.58. The Morgan fingerprint density at radius 1 is 1.00 bits per heavy atom. The molecule has 0 bridgehead atoms. The number of nitrogens with two attached hydrogens (primary N) is 1. The van der Waals surface area contributed by atoms with Crippen LogP contribution in [0.5, 0.6) is 0 Å². The van der Waals surface area contributed by atoms with Crippen molar-refractivity contribution in [1.29, 1.82) is 0 Å². The molecule has 0 unspecified atom stereocenters. The van der Waals surface area contributed by atoms with Crippen LogP contribution in [0.4, 0.5) is 34.6 Å². The molecule has 106 valence electrons. The molecule has 0 aliphatic rings. The van der Waals surface area contributed by atoms with E-state index in [1.807, 2.05) is 0 Å². The molecule has 0 aliphatic carbocycles. The lowest BCUT2D eigenvalue weighted by molar-refractivity contribution is -0.137. The van der Waals surface area contributed by atoms with E-state index in [0.717, 1.165) is 18.2 Å². The number of hydrogen-bond acceptors (Lipinski definition) is 2. The summed E-state index contributed by atoms with van der Waals surface area (Å²) < 4.78 is 50.4. The second kappa shape index (κ2) is 5.20. The Kier molecular flexibility index (Phi) is 3.76. The summed E-state index contributed by atoms with van der Waals surface area (Å²) in [6, 6.07) is 6.54. The highest BCUT2D eigenvalue weighted by Crippen LogP contribution is 2.35. The molecule has 0 heterocycles. The topological polar surface area (TPSA) is 38.0 Å². The predicted octanol–water partition coefficient (Wildman–Crippen LogP) is 4.82. The standard InChI is InChI=1S/C13H9ClF4N2/c14-9-5-7(13(16,17)18)1-3-11(9)20-12-4-2-8(15)6-10(12)19/h1-6,20H,19H2. The minimum Gasteiger partial charge on any atom is -0.397 e. The third kappa shape index (κ3) is 3.14. The van der Waals surface area contributed by atoms with Gasteiger partial charge in [0, 0.05) is 0 Å². The summed E-state index contributed by atoms with van der Waals surface area (Å²) in [5.74, 6) is -0.508. The predicted molar refractivity (Wildman–Crippen MR) is 70.5 cm³/mol. The molecule has 0 aliphatic heterocycles. The number of nitrogens with one attached hydrogen (secondary N) is 1. The van der Waals surface area contributed by atoms with E-state index in [4.69, 9.17) is 17.3 Å². The molecule has 0 aromatic heterocycles. The zero-order chi connectivity index (χ0) is 14.9. The number of anilines is 3. The van der Waals surface area contributed by atoms with E-state index in [1.165, 1.54) is 18.2 Å². The Bertz CT molecular complexity index is 641. The maximum atomic E-state index is 12.9. The van der Waals surface area contributed by atoms with Crippen molar-refractivity contribution >= 4 is 28.7 Å². The van der Waals surface area contributed by atoms with Gasteiger partial charge in [-0.3, -0.25) is 0 Å². The van der Waals surface area contributed by atoms with Gasteiger partial charge in [0.15, 0.2) is 0 Å². The minimum absolute atomic E-state index is 0.108. The zero-order valence-electron chi connectivity index (χ0n) is 9.93. The van der Waals surface area contributed by atoms with Gasteiger partial charge in [0.05, 0.1) is 27.6 Å². The summed E-state index contributed by atoms with van der Waals surface area (Å²) in [4.78, 5) is 0. The number of nitrogen functional groups attached to an aromatic ring is 1. The molecular weight excluding hydrogens is 296 g/mol. The SMILES string of the molecule is Nc1cc(F)ccc1Nc1ccc(C(F)(F)F)cc1Cl. The molecule has 7 heteroatoms. The second-order valence-corrected chi connectivity index (χ2v) is 4.46. The number of halogens is 5. The van der Waals surface area contributed by atoms with Gasteiger partial charge in [0.25, 0.3) is 0 Å². The molecule has 2 aromatic carbocycles. The average molecular weight is 305 g/mol. The van der Waals surface area contributed by atoms with E-state index in [1.54, 1.807) is 0 Å². The van der Waals surface area contributed by atoms with E-state index in [2.05, 4.69) is 5.32 Å². The smallest absolute Gasteiger partial charge is 0.397 e. The van der Waals surface area contributed by atoms with Crippen LogP contribution in [-0.4, -0.2) is 0 Å². The van der Waals surface area contributed by atoms with Crippen LogP contribution in [0.1, 0.15) is 5.56 Å². The zero-order valence-corrected chi connectivity index (χ0v) is 10.7. The van der Waals surface area contributed by atoms with Gasteiger partial charge in [-0.1, -0.05) is 11.6 Å². The summed E-state index contributed by atoms with van der Waals surface area (Å²) >= 11 is 5.79. The average Bonchev–Trinajstić information content (AvgIpc) is 2.33. The lowest BCUT2D eigenvalue weighted by Gasteiger charge is -2.13. The number of rotatable bonds is 2. The van der Waals surface area contributed by atoms with Crippen LogP contribution in [-0.2, 0) is 6.18 Å². The van der Waals surface area contributed by atoms with Crippen molar-refractivity contribution in [3.8, 4) is 0 Å². The molecule has 2 rings (SSSR count). The highest BCUT2D eigenvalue weighted by molar-refractivity contribution is 6.33. The van der Waals surface area contributed by atoms with Crippen molar-refractivity contribution in [3.05, 3.63) is 52.8 Å². The molecule has 3 N–H and O–H groups in total. The van der Waals surface area contributed by atoms with E-state index >= 15 is 0 Å². The quantitative estimate of drug-likeness (QED) is 0.616. The Hall–Kier alpha value is -1.95. The maximum absolute atomic E-state index is 12.9. The van der Waals surface area contributed by atoms with Crippen molar-refractivity contribution in [2.45, 2.75) is 6.18 Å². The van der Waals surface area contributed by atoms with E-state index in [9.17, 15) is 17.6 Å². The van der Waals surface area contributed by atoms with E-state index in [0.29, 0.717) is 5.69 Å². The lowest BCUT2D eigenvalue weighted by atomic mass is 10.2. The number of alkyl halides is 3. The molecule has 2 nitrogen and oxygen atoms in total. The van der Waals surface area contributed by atoms with E-state index in [-0.39, 0.29) is 16.4 Å². The second-order valence-electron chi connectivity index (χ2n) is 4.05. The molecule has 0 fully saturated rings. The Morgan fingerprint density at radius 3 is 2.20 bits per heavy atom. The molecule has 0 saturated heterocycles. The molecule has 0 radical (unpaired) electrons. The first-order chi connectivity index (χ1) is 9.27. The lowest BCUT2D eigenvalue weighted by Crippen LogP contribution is -2.05. The first-order valence-electron chi connectivity index (χ1n) is 5.46. The van der Waals surface area contributed by atoms with Crippen molar-refractivity contribution in [2.24, 2.45) is 0 Å². The maximum Gasteiger partial charge on any atom is 0.416 e. The molecule has 2 aromatic rings. The van der Waals surface area contributed by atoms with Gasteiger partial charge in [-0.05, 0) is 36.4 Å². The number of hydrogen-bond donors (Lipinski definition) is 2. The monoisotopic (exact) mass is 304 g/mol. The van der Waals surface area contributed by atoms with Crippen molar-refractivity contribution < 1.29 is 17.6 Å². The summed E-state index contributed by atoms with van der Waals surface area (Å²) in [5, 5.41) is 2.65. The normalized spacial score (nSPS) is 11.4. The fourth-order valence-corrected chi connectivity index (χ4v) is 1.81. The van der Waals surface area contributed by atoms with Crippen LogP contribution in [0.25, 0.3) is 0 Å². The van der Waals surface area contributed by atoms with E-state index < -0.39 is 17.6 Å². The minimum atomic E-state index is -4.46. The summed E-state index contributed by atoms with van der Waals surface area (Å²) in [7, 11) is 0. The molecule has 0 spiro atoms.